The molecule has 2 nitrogen and oxygen atoms in total. The first-order valence-electron chi connectivity index (χ1n) is 3.80. The molecule has 12 heavy (non-hydrogen) atoms. The molecule has 2 heteroatoms. The Hall–Kier alpha value is -1.44. The fraction of sp³-hybridized carbons (Fsp3) is 0.200. The Morgan fingerprint density at radius 3 is 2.67 bits per heavy atom. The second-order valence-electron chi connectivity index (χ2n) is 2.62. The maximum absolute atomic E-state index is 10.0. The van der Waals surface area contributed by atoms with E-state index in [1.54, 1.807) is 6.08 Å². The van der Waals surface area contributed by atoms with Crippen LogP contribution in [0.15, 0.2) is 18.2 Å². The Morgan fingerprint density at radius 2 is 2.08 bits per heavy atom. The van der Waals surface area contributed by atoms with Crippen LogP contribution in [0.2, 0.25) is 0 Å². The van der Waals surface area contributed by atoms with Gasteiger partial charge in [0, 0.05) is 11.4 Å². The van der Waals surface area contributed by atoms with Crippen molar-refractivity contribution in [3.8, 4) is 0 Å². The van der Waals surface area contributed by atoms with Crippen LogP contribution in [-0.4, -0.2) is 11.3 Å². The zero-order valence-corrected chi connectivity index (χ0v) is 7.24. The van der Waals surface area contributed by atoms with Gasteiger partial charge in [-0.1, -0.05) is 6.07 Å². The van der Waals surface area contributed by atoms with Crippen LogP contribution in [0.3, 0.4) is 0 Å². The van der Waals surface area contributed by atoms with Crippen LogP contribution in [0.25, 0.3) is 6.08 Å². The van der Waals surface area contributed by atoms with Crippen molar-refractivity contribution in [3.05, 3.63) is 35.2 Å². The van der Waals surface area contributed by atoms with Gasteiger partial charge >= 0.3 is 0 Å². The molecule has 0 atom stereocenters. The molecule has 1 rings (SSSR count). The summed E-state index contributed by atoms with van der Waals surface area (Å²) in [7, 11) is 0. The quantitative estimate of drug-likeness (QED) is 0.490. The van der Waals surface area contributed by atoms with E-state index >= 15 is 0 Å². The summed E-state index contributed by atoms with van der Waals surface area (Å²) in [6.45, 7) is 3.87. The van der Waals surface area contributed by atoms with Crippen LogP contribution >= 0.6 is 0 Å². The summed E-state index contributed by atoms with van der Waals surface area (Å²) in [5.74, 6) is 0. The lowest BCUT2D eigenvalue weighted by atomic mass is 10.2. The topological polar surface area (TPSA) is 30.0 Å². The zero-order valence-electron chi connectivity index (χ0n) is 7.24. The van der Waals surface area contributed by atoms with Crippen LogP contribution in [0.1, 0.15) is 17.0 Å². The summed E-state index contributed by atoms with van der Waals surface area (Å²) in [5.41, 5.74) is 2.94. The molecule has 1 aromatic heterocycles. The molecule has 0 aromatic carbocycles. The van der Waals surface area contributed by atoms with Crippen LogP contribution in [0.4, 0.5) is 0 Å². The second-order valence-corrected chi connectivity index (χ2v) is 2.62. The van der Waals surface area contributed by atoms with Gasteiger partial charge in [0.1, 0.15) is 6.29 Å². The number of aromatic nitrogens is 1. The van der Waals surface area contributed by atoms with Crippen molar-refractivity contribution in [2.75, 3.05) is 0 Å². The predicted octanol–water partition coefficient (Wildman–Crippen LogP) is 1.91. The van der Waals surface area contributed by atoms with Crippen molar-refractivity contribution >= 4 is 12.4 Å². The number of pyridine rings is 1. The van der Waals surface area contributed by atoms with E-state index in [2.05, 4.69) is 4.98 Å². The predicted molar refractivity (Wildman–Crippen MR) is 48.8 cm³/mol. The summed E-state index contributed by atoms with van der Waals surface area (Å²) in [5, 5.41) is 0. The average Bonchev–Trinajstić information content (AvgIpc) is 2.03. The number of carbonyl (C=O) groups excluding carboxylic acids is 1. The van der Waals surface area contributed by atoms with E-state index in [4.69, 9.17) is 0 Å². The largest absolute Gasteiger partial charge is 0.299 e. The van der Waals surface area contributed by atoms with Crippen molar-refractivity contribution in [2.24, 2.45) is 0 Å². The first-order chi connectivity index (χ1) is 5.74. The maximum atomic E-state index is 10.0. The number of allylic oxidation sites excluding steroid dienone is 1. The zero-order chi connectivity index (χ0) is 8.97. The molecule has 1 aromatic rings. The molecule has 0 aliphatic rings. The molecule has 62 valence electrons. The molecule has 0 radical (unpaired) electrons. The molecule has 0 amide bonds. The first-order valence-corrected chi connectivity index (χ1v) is 3.80. The maximum Gasteiger partial charge on any atom is 0.142 e. The molecule has 0 saturated heterocycles. The normalized spacial score (nSPS) is 10.5. The number of nitrogens with zero attached hydrogens (tertiary/aromatic N) is 1. The Morgan fingerprint density at radius 1 is 1.33 bits per heavy atom. The standard InChI is InChI=1S/C10H11NO/c1-8-5-6-10(4-3-7-12)9(2)11-8/h3-7H,1-2H3/b4-3+. The van der Waals surface area contributed by atoms with E-state index in [-0.39, 0.29) is 0 Å². The van der Waals surface area contributed by atoms with Gasteiger partial charge in [0.15, 0.2) is 0 Å². The summed E-state index contributed by atoms with van der Waals surface area (Å²) in [6, 6.07) is 3.88. The Balaban J connectivity index is 3.01. The van der Waals surface area contributed by atoms with Gasteiger partial charge in [-0.3, -0.25) is 9.78 Å². The fourth-order valence-electron chi connectivity index (χ4n) is 1.02. The van der Waals surface area contributed by atoms with Crippen molar-refractivity contribution in [3.63, 3.8) is 0 Å². The van der Waals surface area contributed by atoms with E-state index in [9.17, 15) is 4.79 Å². The lowest BCUT2D eigenvalue weighted by Crippen LogP contribution is -1.88. The second kappa shape index (κ2) is 3.81. The minimum absolute atomic E-state index is 0.763. The van der Waals surface area contributed by atoms with Crippen LogP contribution in [0, 0.1) is 13.8 Å². The fourth-order valence-corrected chi connectivity index (χ4v) is 1.02. The smallest absolute Gasteiger partial charge is 0.142 e. The highest BCUT2D eigenvalue weighted by Gasteiger charge is 1.94. The number of aryl methyl sites for hydroxylation is 2. The average molecular weight is 161 g/mol. The van der Waals surface area contributed by atoms with Gasteiger partial charge in [0.05, 0.1) is 0 Å². The highest BCUT2D eigenvalue weighted by Crippen LogP contribution is 2.07. The van der Waals surface area contributed by atoms with Crippen molar-refractivity contribution in [2.45, 2.75) is 13.8 Å². The highest BCUT2D eigenvalue weighted by atomic mass is 16.1. The number of carbonyl (C=O) groups is 1. The molecular weight excluding hydrogens is 150 g/mol. The van der Waals surface area contributed by atoms with E-state index in [1.165, 1.54) is 6.08 Å². The third kappa shape index (κ3) is 2.02. The van der Waals surface area contributed by atoms with Gasteiger partial charge in [0.2, 0.25) is 0 Å². The van der Waals surface area contributed by atoms with E-state index in [0.717, 1.165) is 23.2 Å². The van der Waals surface area contributed by atoms with E-state index in [1.807, 2.05) is 26.0 Å². The Bertz CT molecular complexity index is 316. The molecule has 0 aliphatic carbocycles. The lowest BCUT2D eigenvalue weighted by molar-refractivity contribution is -0.104. The van der Waals surface area contributed by atoms with Gasteiger partial charge in [-0.05, 0) is 37.6 Å². The summed E-state index contributed by atoms with van der Waals surface area (Å²) in [4.78, 5) is 14.3. The van der Waals surface area contributed by atoms with Crippen LogP contribution in [0.5, 0.6) is 0 Å². The van der Waals surface area contributed by atoms with Gasteiger partial charge in [0.25, 0.3) is 0 Å². The molecule has 0 spiro atoms. The van der Waals surface area contributed by atoms with Crippen molar-refractivity contribution in [1.29, 1.82) is 0 Å². The molecule has 1 heterocycles. The van der Waals surface area contributed by atoms with E-state index in [0.29, 0.717) is 0 Å². The lowest BCUT2D eigenvalue weighted by Gasteiger charge is -1.99. The minimum atomic E-state index is 0.763. The number of aldehydes is 1. The van der Waals surface area contributed by atoms with E-state index < -0.39 is 0 Å². The molecule has 0 fully saturated rings. The molecule has 0 N–H and O–H groups in total. The minimum Gasteiger partial charge on any atom is -0.299 e. The van der Waals surface area contributed by atoms with Gasteiger partial charge in [-0.15, -0.1) is 0 Å². The Labute approximate surface area is 71.9 Å². The van der Waals surface area contributed by atoms with Crippen molar-refractivity contribution in [1.82, 2.24) is 4.98 Å². The number of hydrogen-bond donors (Lipinski definition) is 0. The highest BCUT2D eigenvalue weighted by molar-refractivity contribution is 5.74. The molecule has 0 unspecified atom stereocenters. The van der Waals surface area contributed by atoms with Crippen LogP contribution < -0.4 is 0 Å². The monoisotopic (exact) mass is 161 g/mol. The first kappa shape index (κ1) is 8.65. The third-order valence-electron chi connectivity index (χ3n) is 1.62. The Kier molecular flexibility index (Phi) is 2.75. The van der Waals surface area contributed by atoms with Crippen molar-refractivity contribution < 1.29 is 4.79 Å². The number of rotatable bonds is 2. The summed E-state index contributed by atoms with van der Waals surface area (Å²) >= 11 is 0. The summed E-state index contributed by atoms with van der Waals surface area (Å²) < 4.78 is 0. The molecule has 0 bridgehead atoms. The number of hydrogen-bond acceptors (Lipinski definition) is 2. The van der Waals surface area contributed by atoms with Crippen LogP contribution in [-0.2, 0) is 4.79 Å². The summed E-state index contributed by atoms with van der Waals surface area (Å²) in [6.07, 6.45) is 3.99. The molecule has 0 saturated carbocycles. The molecular formula is C10H11NO. The van der Waals surface area contributed by atoms with Gasteiger partial charge in [-0.2, -0.15) is 0 Å². The SMILES string of the molecule is Cc1ccc(/C=C/C=O)c(C)n1. The van der Waals surface area contributed by atoms with Gasteiger partial charge < -0.3 is 0 Å². The van der Waals surface area contributed by atoms with Gasteiger partial charge in [-0.25, -0.2) is 0 Å². The third-order valence-corrected chi connectivity index (χ3v) is 1.62. The molecule has 0 aliphatic heterocycles.